The zero-order valence-corrected chi connectivity index (χ0v) is 8.83. The summed E-state index contributed by atoms with van der Waals surface area (Å²) >= 11 is 0. The van der Waals surface area contributed by atoms with Crippen molar-refractivity contribution in [2.75, 3.05) is 5.32 Å². The summed E-state index contributed by atoms with van der Waals surface area (Å²) in [5, 5.41) is 11.5. The lowest BCUT2D eigenvalue weighted by molar-refractivity contribution is 0.612. The minimum atomic E-state index is 0.589. The average Bonchev–Trinajstić information content (AvgIpc) is 2.97. The molecule has 3 heteroatoms. The van der Waals surface area contributed by atoms with Gasteiger partial charge in [-0.25, -0.2) is 0 Å². The molecular weight excluding hydrogens is 174 g/mol. The van der Waals surface area contributed by atoms with Gasteiger partial charge >= 0.3 is 0 Å². The lowest BCUT2D eigenvalue weighted by Gasteiger charge is -2.16. The van der Waals surface area contributed by atoms with E-state index in [0.29, 0.717) is 6.04 Å². The van der Waals surface area contributed by atoms with E-state index in [1.54, 1.807) is 6.20 Å². The molecule has 14 heavy (non-hydrogen) atoms. The van der Waals surface area contributed by atoms with Gasteiger partial charge in [0.15, 0.2) is 0 Å². The van der Waals surface area contributed by atoms with Crippen molar-refractivity contribution >= 4 is 5.82 Å². The monoisotopic (exact) mass is 191 g/mol. The van der Waals surface area contributed by atoms with Gasteiger partial charge in [-0.2, -0.15) is 5.10 Å². The van der Waals surface area contributed by atoms with E-state index < -0.39 is 0 Å². The Morgan fingerprint density at radius 1 is 1.57 bits per heavy atom. The summed E-state index contributed by atoms with van der Waals surface area (Å²) in [6.45, 7) is 4.26. The molecular formula is C11H17N3. The molecule has 1 heterocycles. The van der Waals surface area contributed by atoms with Gasteiger partial charge in [-0.3, -0.25) is 0 Å². The minimum absolute atomic E-state index is 0.589. The quantitative estimate of drug-likeness (QED) is 0.794. The van der Waals surface area contributed by atoms with Crippen LogP contribution in [-0.4, -0.2) is 16.2 Å². The fourth-order valence-electron chi connectivity index (χ4n) is 1.78. The maximum Gasteiger partial charge on any atom is 0.149 e. The van der Waals surface area contributed by atoms with Crippen molar-refractivity contribution in [1.82, 2.24) is 10.2 Å². The fourth-order valence-corrected chi connectivity index (χ4v) is 1.78. The molecule has 0 radical (unpaired) electrons. The highest BCUT2D eigenvalue weighted by Crippen LogP contribution is 2.35. The molecule has 1 fully saturated rings. The van der Waals surface area contributed by atoms with Crippen LogP contribution in [-0.2, 0) is 0 Å². The van der Waals surface area contributed by atoms with E-state index in [0.717, 1.165) is 17.3 Å². The first kappa shape index (κ1) is 9.44. The van der Waals surface area contributed by atoms with E-state index >= 15 is 0 Å². The zero-order chi connectivity index (χ0) is 9.97. The van der Waals surface area contributed by atoms with Crippen LogP contribution in [0.3, 0.4) is 0 Å². The standard InChI is InChI=1S/C11H17N3/c1-3-10(9-4-5-9)13-11-6-8(2)7-12-14-11/h6-7,9-10H,3-5H2,1-2H3,(H,13,14). The maximum absolute atomic E-state index is 4.08. The molecule has 1 aliphatic rings. The van der Waals surface area contributed by atoms with E-state index in [1.807, 2.05) is 6.92 Å². The summed E-state index contributed by atoms with van der Waals surface area (Å²) < 4.78 is 0. The highest BCUT2D eigenvalue weighted by atomic mass is 15.2. The molecule has 1 saturated carbocycles. The van der Waals surface area contributed by atoms with Crippen LogP contribution in [0.25, 0.3) is 0 Å². The molecule has 1 aromatic rings. The number of aromatic nitrogens is 2. The van der Waals surface area contributed by atoms with Crippen molar-refractivity contribution in [3.05, 3.63) is 17.8 Å². The Morgan fingerprint density at radius 2 is 2.36 bits per heavy atom. The largest absolute Gasteiger partial charge is 0.366 e. The van der Waals surface area contributed by atoms with E-state index in [1.165, 1.54) is 19.3 Å². The first-order valence-electron chi connectivity index (χ1n) is 5.35. The Bertz CT molecular complexity index is 307. The van der Waals surface area contributed by atoms with Crippen LogP contribution in [0.15, 0.2) is 12.3 Å². The zero-order valence-electron chi connectivity index (χ0n) is 8.83. The van der Waals surface area contributed by atoms with Crippen LogP contribution in [0.1, 0.15) is 31.7 Å². The summed E-state index contributed by atoms with van der Waals surface area (Å²) in [5.74, 6) is 1.78. The SMILES string of the molecule is CCC(Nc1cc(C)cnn1)C1CC1. The van der Waals surface area contributed by atoms with Gasteiger partial charge in [0.05, 0.1) is 6.20 Å². The van der Waals surface area contributed by atoms with Crippen molar-refractivity contribution in [2.45, 2.75) is 39.2 Å². The van der Waals surface area contributed by atoms with Gasteiger partial charge in [0.1, 0.15) is 5.82 Å². The molecule has 1 N–H and O–H groups in total. The first-order chi connectivity index (χ1) is 6.79. The number of hydrogen-bond acceptors (Lipinski definition) is 3. The van der Waals surface area contributed by atoms with Crippen LogP contribution < -0.4 is 5.32 Å². The lowest BCUT2D eigenvalue weighted by Crippen LogP contribution is -2.21. The molecule has 0 saturated heterocycles. The van der Waals surface area contributed by atoms with Crippen molar-refractivity contribution in [3.63, 3.8) is 0 Å². The number of hydrogen-bond donors (Lipinski definition) is 1. The predicted octanol–water partition coefficient (Wildman–Crippen LogP) is 2.39. The number of nitrogens with one attached hydrogen (secondary N) is 1. The van der Waals surface area contributed by atoms with Crippen LogP contribution in [0, 0.1) is 12.8 Å². The molecule has 0 spiro atoms. The number of anilines is 1. The number of nitrogens with zero attached hydrogens (tertiary/aromatic N) is 2. The van der Waals surface area contributed by atoms with Crippen molar-refractivity contribution in [2.24, 2.45) is 5.92 Å². The van der Waals surface area contributed by atoms with Gasteiger partial charge in [0, 0.05) is 6.04 Å². The highest BCUT2D eigenvalue weighted by molar-refractivity contribution is 5.36. The summed E-state index contributed by atoms with van der Waals surface area (Å²) in [6.07, 6.45) is 5.68. The first-order valence-corrected chi connectivity index (χ1v) is 5.35. The molecule has 0 aromatic carbocycles. The summed E-state index contributed by atoms with van der Waals surface area (Å²) in [5.41, 5.74) is 1.16. The Balaban J connectivity index is 2.01. The normalized spacial score (nSPS) is 17.9. The van der Waals surface area contributed by atoms with Crippen LogP contribution in [0.5, 0.6) is 0 Å². The van der Waals surface area contributed by atoms with Crippen LogP contribution in [0.2, 0.25) is 0 Å². The highest BCUT2D eigenvalue weighted by Gasteiger charge is 2.29. The van der Waals surface area contributed by atoms with E-state index in [-0.39, 0.29) is 0 Å². The van der Waals surface area contributed by atoms with E-state index in [9.17, 15) is 0 Å². The molecule has 0 amide bonds. The van der Waals surface area contributed by atoms with Gasteiger partial charge in [0.2, 0.25) is 0 Å². The number of rotatable bonds is 4. The van der Waals surface area contributed by atoms with Crippen molar-refractivity contribution in [3.8, 4) is 0 Å². The summed E-state index contributed by atoms with van der Waals surface area (Å²) in [4.78, 5) is 0. The molecule has 76 valence electrons. The third kappa shape index (κ3) is 2.22. The topological polar surface area (TPSA) is 37.8 Å². The Kier molecular flexibility index (Phi) is 2.66. The second-order valence-electron chi connectivity index (χ2n) is 4.11. The molecule has 2 rings (SSSR count). The minimum Gasteiger partial charge on any atom is -0.366 e. The maximum atomic E-state index is 4.08. The van der Waals surface area contributed by atoms with Crippen molar-refractivity contribution < 1.29 is 0 Å². The lowest BCUT2D eigenvalue weighted by atomic mass is 10.1. The third-order valence-corrected chi connectivity index (χ3v) is 2.76. The second kappa shape index (κ2) is 3.95. The Morgan fingerprint density at radius 3 is 2.93 bits per heavy atom. The smallest absolute Gasteiger partial charge is 0.149 e. The molecule has 3 nitrogen and oxygen atoms in total. The van der Waals surface area contributed by atoms with Gasteiger partial charge < -0.3 is 5.32 Å². The van der Waals surface area contributed by atoms with E-state index in [2.05, 4.69) is 28.5 Å². The van der Waals surface area contributed by atoms with Gasteiger partial charge in [0.25, 0.3) is 0 Å². The molecule has 1 atom stereocenters. The molecule has 0 aliphatic heterocycles. The molecule has 1 aliphatic carbocycles. The van der Waals surface area contributed by atoms with Gasteiger partial charge in [-0.15, -0.1) is 5.10 Å². The molecule has 0 bridgehead atoms. The average molecular weight is 191 g/mol. The predicted molar refractivity (Wildman–Crippen MR) is 57.2 cm³/mol. The second-order valence-corrected chi connectivity index (χ2v) is 4.11. The van der Waals surface area contributed by atoms with Gasteiger partial charge in [-0.1, -0.05) is 6.92 Å². The van der Waals surface area contributed by atoms with Crippen LogP contribution >= 0.6 is 0 Å². The van der Waals surface area contributed by atoms with E-state index in [4.69, 9.17) is 0 Å². The van der Waals surface area contributed by atoms with Crippen LogP contribution in [0.4, 0.5) is 5.82 Å². The third-order valence-electron chi connectivity index (χ3n) is 2.76. The summed E-state index contributed by atoms with van der Waals surface area (Å²) in [6, 6.07) is 2.64. The Labute approximate surface area is 84.9 Å². The fraction of sp³-hybridized carbons (Fsp3) is 0.636. The molecule has 1 unspecified atom stereocenters. The molecule has 1 aromatic heterocycles. The summed E-state index contributed by atoms with van der Waals surface area (Å²) in [7, 11) is 0. The Hall–Kier alpha value is -1.12. The van der Waals surface area contributed by atoms with Gasteiger partial charge in [-0.05, 0) is 43.7 Å². The number of aryl methyl sites for hydroxylation is 1. The van der Waals surface area contributed by atoms with Crippen molar-refractivity contribution in [1.29, 1.82) is 0 Å².